The van der Waals surface area contributed by atoms with Gasteiger partial charge in [-0.1, -0.05) is 30.3 Å². The van der Waals surface area contributed by atoms with Crippen molar-refractivity contribution >= 4 is 17.3 Å². The van der Waals surface area contributed by atoms with E-state index >= 15 is 0 Å². The Morgan fingerprint density at radius 2 is 1.75 bits per heavy atom. The molecule has 0 atom stereocenters. The van der Waals surface area contributed by atoms with Crippen molar-refractivity contribution in [1.29, 1.82) is 0 Å². The van der Waals surface area contributed by atoms with Crippen LogP contribution in [0.2, 0.25) is 0 Å². The maximum atomic E-state index is 12.6. The van der Waals surface area contributed by atoms with Gasteiger partial charge in [0, 0.05) is 44.2 Å². The summed E-state index contributed by atoms with van der Waals surface area (Å²) in [5.41, 5.74) is 3.17. The van der Waals surface area contributed by atoms with E-state index in [2.05, 4.69) is 60.2 Å². The minimum absolute atomic E-state index is 0.0176. The van der Waals surface area contributed by atoms with Gasteiger partial charge in [0.2, 0.25) is 5.91 Å². The van der Waals surface area contributed by atoms with Crippen LogP contribution in [0.3, 0.4) is 0 Å². The van der Waals surface area contributed by atoms with Crippen LogP contribution in [0.4, 0.5) is 11.4 Å². The van der Waals surface area contributed by atoms with Gasteiger partial charge < -0.3 is 15.0 Å². The monoisotopic (exact) mass is 383 g/mol. The SMILES string of the molecule is CCN(c1ccc(NC(=O)CN(CCOC)Cc2ccccc2)cc1)C(C)C. The highest BCUT2D eigenvalue weighted by atomic mass is 16.5. The number of amides is 1. The van der Waals surface area contributed by atoms with Crippen molar-refractivity contribution in [2.24, 2.45) is 0 Å². The standard InChI is InChI=1S/C23H33N3O2/c1-5-26(19(2)3)22-13-11-21(12-14-22)24-23(27)18-25(15-16-28-4)17-20-9-7-6-8-10-20/h6-14,19H,5,15-18H2,1-4H3,(H,24,27). The third-order valence-electron chi connectivity index (χ3n) is 4.67. The molecule has 0 unspecified atom stereocenters. The second-order valence-corrected chi connectivity index (χ2v) is 7.16. The fourth-order valence-electron chi connectivity index (χ4n) is 3.26. The molecule has 1 N–H and O–H groups in total. The predicted octanol–water partition coefficient (Wildman–Crippen LogP) is 4.01. The van der Waals surface area contributed by atoms with Crippen LogP contribution in [0.5, 0.6) is 0 Å². The van der Waals surface area contributed by atoms with Crippen molar-refractivity contribution in [1.82, 2.24) is 4.90 Å². The van der Waals surface area contributed by atoms with E-state index in [1.165, 1.54) is 11.3 Å². The van der Waals surface area contributed by atoms with Crippen LogP contribution in [0.1, 0.15) is 26.3 Å². The zero-order valence-electron chi connectivity index (χ0n) is 17.5. The molecule has 5 nitrogen and oxygen atoms in total. The van der Waals surface area contributed by atoms with E-state index in [0.29, 0.717) is 25.7 Å². The molecule has 2 aromatic carbocycles. The van der Waals surface area contributed by atoms with Crippen LogP contribution < -0.4 is 10.2 Å². The summed E-state index contributed by atoms with van der Waals surface area (Å²) >= 11 is 0. The maximum Gasteiger partial charge on any atom is 0.238 e. The van der Waals surface area contributed by atoms with Crippen LogP contribution in [-0.2, 0) is 16.1 Å². The molecule has 0 aliphatic rings. The summed E-state index contributed by atoms with van der Waals surface area (Å²) in [7, 11) is 1.68. The number of ether oxygens (including phenoxy) is 1. The van der Waals surface area contributed by atoms with Crippen LogP contribution in [-0.4, -0.2) is 50.2 Å². The number of hydrogen-bond acceptors (Lipinski definition) is 4. The van der Waals surface area contributed by atoms with E-state index in [-0.39, 0.29) is 5.91 Å². The molecule has 152 valence electrons. The molecule has 2 rings (SSSR count). The number of nitrogens with zero attached hydrogens (tertiary/aromatic N) is 2. The average Bonchev–Trinajstić information content (AvgIpc) is 2.68. The van der Waals surface area contributed by atoms with Crippen molar-refractivity contribution in [3.05, 3.63) is 60.2 Å². The maximum absolute atomic E-state index is 12.6. The second-order valence-electron chi connectivity index (χ2n) is 7.16. The summed E-state index contributed by atoms with van der Waals surface area (Å²) in [6, 6.07) is 18.7. The Morgan fingerprint density at radius 3 is 2.32 bits per heavy atom. The zero-order valence-corrected chi connectivity index (χ0v) is 17.5. The van der Waals surface area contributed by atoms with Gasteiger partial charge in [-0.25, -0.2) is 0 Å². The quantitative estimate of drug-likeness (QED) is 0.637. The lowest BCUT2D eigenvalue weighted by atomic mass is 10.2. The average molecular weight is 384 g/mol. The minimum Gasteiger partial charge on any atom is -0.383 e. The number of rotatable bonds is 11. The molecular weight excluding hydrogens is 350 g/mol. The second kappa shape index (κ2) is 11.5. The number of methoxy groups -OCH3 is 1. The summed E-state index contributed by atoms with van der Waals surface area (Å²) in [6.07, 6.45) is 0. The van der Waals surface area contributed by atoms with E-state index in [1.807, 2.05) is 30.3 Å². The first-order valence-electron chi connectivity index (χ1n) is 9.95. The molecule has 0 bridgehead atoms. The highest BCUT2D eigenvalue weighted by molar-refractivity contribution is 5.92. The van der Waals surface area contributed by atoms with Gasteiger partial charge in [-0.15, -0.1) is 0 Å². The number of carbonyl (C=O) groups is 1. The van der Waals surface area contributed by atoms with Crippen LogP contribution in [0, 0.1) is 0 Å². The van der Waals surface area contributed by atoms with Gasteiger partial charge in [0.1, 0.15) is 0 Å². The highest BCUT2D eigenvalue weighted by Gasteiger charge is 2.12. The zero-order chi connectivity index (χ0) is 20.4. The molecule has 28 heavy (non-hydrogen) atoms. The number of nitrogens with one attached hydrogen (secondary N) is 1. The van der Waals surface area contributed by atoms with Crippen molar-refractivity contribution in [2.45, 2.75) is 33.4 Å². The third-order valence-corrected chi connectivity index (χ3v) is 4.67. The molecule has 0 aliphatic carbocycles. The Kier molecular flexibility index (Phi) is 8.98. The molecule has 0 heterocycles. The molecule has 1 amide bonds. The third kappa shape index (κ3) is 6.98. The lowest BCUT2D eigenvalue weighted by Crippen LogP contribution is -2.35. The first kappa shape index (κ1) is 21.9. The van der Waals surface area contributed by atoms with Gasteiger partial charge >= 0.3 is 0 Å². The first-order valence-corrected chi connectivity index (χ1v) is 9.95. The van der Waals surface area contributed by atoms with Crippen molar-refractivity contribution in [3.8, 4) is 0 Å². The van der Waals surface area contributed by atoms with Gasteiger partial charge in [0.25, 0.3) is 0 Å². The number of carbonyl (C=O) groups excluding carboxylic acids is 1. The van der Waals surface area contributed by atoms with Gasteiger partial charge in [0.15, 0.2) is 0 Å². The van der Waals surface area contributed by atoms with E-state index in [9.17, 15) is 4.79 Å². The molecule has 5 heteroatoms. The highest BCUT2D eigenvalue weighted by Crippen LogP contribution is 2.20. The van der Waals surface area contributed by atoms with E-state index < -0.39 is 0 Å². The molecule has 0 saturated heterocycles. The predicted molar refractivity (Wildman–Crippen MR) is 117 cm³/mol. The molecule has 2 aromatic rings. The fraction of sp³-hybridized carbons (Fsp3) is 0.435. The molecular formula is C23H33N3O2. The van der Waals surface area contributed by atoms with Crippen LogP contribution >= 0.6 is 0 Å². The summed E-state index contributed by atoms with van der Waals surface area (Å²) in [5.74, 6) is -0.0176. The summed E-state index contributed by atoms with van der Waals surface area (Å²) in [6.45, 7) is 9.81. The number of anilines is 2. The lowest BCUT2D eigenvalue weighted by Gasteiger charge is -2.27. The topological polar surface area (TPSA) is 44.8 Å². The van der Waals surface area contributed by atoms with E-state index in [0.717, 1.165) is 18.8 Å². The fourth-order valence-corrected chi connectivity index (χ4v) is 3.26. The van der Waals surface area contributed by atoms with Crippen molar-refractivity contribution in [2.75, 3.05) is 43.6 Å². The number of hydrogen-bond donors (Lipinski definition) is 1. The molecule has 0 spiro atoms. The van der Waals surface area contributed by atoms with Crippen molar-refractivity contribution < 1.29 is 9.53 Å². The van der Waals surface area contributed by atoms with Gasteiger partial charge in [-0.2, -0.15) is 0 Å². The van der Waals surface area contributed by atoms with Crippen molar-refractivity contribution in [3.63, 3.8) is 0 Å². The first-order chi connectivity index (χ1) is 13.5. The molecule has 0 aliphatic heterocycles. The Morgan fingerprint density at radius 1 is 1.07 bits per heavy atom. The Hall–Kier alpha value is -2.37. The van der Waals surface area contributed by atoms with Crippen LogP contribution in [0.15, 0.2) is 54.6 Å². The van der Waals surface area contributed by atoms with E-state index in [1.54, 1.807) is 7.11 Å². The summed E-state index contributed by atoms with van der Waals surface area (Å²) in [5, 5.41) is 3.01. The van der Waals surface area contributed by atoms with Crippen LogP contribution in [0.25, 0.3) is 0 Å². The number of benzene rings is 2. The normalized spacial score (nSPS) is 11.1. The molecule has 0 saturated carbocycles. The van der Waals surface area contributed by atoms with Gasteiger partial charge in [-0.05, 0) is 50.6 Å². The van der Waals surface area contributed by atoms with E-state index in [4.69, 9.17) is 4.74 Å². The summed E-state index contributed by atoms with van der Waals surface area (Å²) < 4.78 is 5.20. The molecule has 0 fully saturated rings. The van der Waals surface area contributed by atoms with Gasteiger partial charge in [-0.3, -0.25) is 9.69 Å². The Balaban J connectivity index is 1.95. The minimum atomic E-state index is -0.0176. The molecule has 0 radical (unpaired) electrons. The van der Waals surface area contributed by atoms with Gasteiger partial charge in [0.05, 0.1) is 13.2 Å². The lowest BCUT2D eigenvalue weighted by molar-refractivity contribution is -0.117. The molecule has 0 aromatic heterocycles. The smallest absolute Gasteiger partial charge is 0.238 e. The summed E-state index contributed by atoms with van der Waals surface area (Å²) in [4.78, 5) is 17.0. The Labute approximate surface area is 169 Å². The largest absolute Gasteiger partial charge is 0.383 e. The Bertz CT molecular complexity index is 702.